The van der Waals surface area contributed by atoms with E-state index >= 15 is 0 Å². The van der Waals surface area contributed by atoms with E-state index in [2.05, 4.69) is 45.7 Å². The van der Waals surface area contributed by atoms with Crippen molar-refractivity contribution in [1.82, 2.24) is 19.9 Å². The zero-order valence-corrected chi connectivity index (χ0v) is 44.7. The van der Waals surface area contributed by atoms with Gasteiger partial charge in [0.25, 0.3) is 0 Å². The fourth-order valence-corrected chi connectivity index (χ4v) is 8.50. The summed E-state index contributed by atoms with van der Waals surface area (Å²) in [4.78, 5) is 22.0. The minimum atomic E-state index is -0.508. The van der Waals surface area contributed by atoms with Crippen LogP contribution in [0.4, 0.5) is 11.6 Å². The van der Waals surface area contributed by atoms with Crippen LogP contribution in [0.25, 0.3) is 0 Å². The monoisotopic (exact) mass is 1040 g/mol. The maximum Gasteiger partial charge on any atom is 0.497 e. The largest absolute Gasteiger partial charge is 0.497 e. The minimum absolute atomic E-state index is 0.167. The third-order valence-corrected chi connectivity index (χ3v) is 15.8. The molecule has 0 bridgehead atoms. The molecule has 4 aromatic heterocycles. The van der Waals surface area contributed by atoms with E-state index in [0.29, 0.717) is 21.8 Å². The molecule has 5 aliphatic rings. The fraction of sp³-hybridized carbons (Fsp3) is 0.583. The number of hydrogen-bond donors (Lipinski definition) is 0. The summed E-state index contributed by atoms with van der Waals surface area (Å²) < 4.78 is 48.7. The summed E-state index contributed by atoms with van der Waals surface area (Å²) in [6.45, 7) is 27.8. The first-order valence-corrected chi connectivity index (χ1v) is 25.1. The van der Waals surface area contributed by atoms with Gasteiger partial charge in [-0.2, -0.15) is 0 Å². The summed E-state index contributed by atoms with van der Waals surface area (Å²) in [6, 6.07) is 15.2. The van der Waals surface area contributed by atoms with E-state index in [1.165, 1.54) is 0 Å². The Balaban J connectivity index is 0.000000156. The van der Waals surface area contributed by atoms with Gasteiger partial charge in [0.15, 0.2) is 0 Å². The van der Waals surface area contributed by atoms with Crippen LogP contribution in [0, 0.1) is 0 Å². The highest BCUT2D eigenvalue weighted by Gasteiger charge is 2.63. The number of piperidine rings is 2. The topological polar surface area (TPSA) is 132 Å². The standard InChI is InChI=1S/C21H27BClN3O3.C15H15BrClN3O.C12H24B2O4/c1-20(2)21(3,4)29-22(28-20)16-14-25-18(13-17(16)23)26-11-8-15(9-12-26)27-19-7-5-6-10-24-19;16-12-10-19-14(9-13(12)17)20-7-4-11(5-8-20)21-15-3-1-2-6-18-15;1-9(2)10(3,4)16-13(15-9)14-17-11(5,6)12(7,8)18-14/h5-7,10,13-15H,8-9,11-12H2,1-4H3;1-3,6,9-11H,4-5,7-8H2;1-8H3. The Labute approximate surface area is 422 Å². The first-order chi connectivity index (χ1) is 31.9. The molecule has 14 nitrogen and oxygen atoms in total. The van der Waals surface area contributed by atoms with Crippen LogP contribution in [0.3, 0.4) is 0 Å². The van der Waals surface area contributed by atoms with E-state index in [0.717, 1.165) is 73.4 Å². The van der Waals surface area contributed by atoms with Crippen molar-refractivity contribution in [2.75, 3.05) is 36.0 Å². The van der Waals surface area contributed by atoms with Gasteiger partial charge >= 0.3 is 21.1 Å². The van der Waals surface area contributed by atoms with Crippen LogP contribution < -0.4 is 24.7 Å². The second-order valence-corrected chi connectivity index (χ2v) is 22.5. The van der Waals surface area contributed by atoms with Gasteiger partial charge in [-0.1, -0.05) is 35.3 Å². The second-order valence-electron chi connectivity index (χ2n) is 20.8. The lowest BCUT2D eigenvalue weighted by atomic mass is 9.49. The Morgan fingerprint density at radius 2 is 0.897 bits per heavy atom. The molecule has 0 atom stereocenters. The molecule has 5 fully saturated rings. The average molecular weight is 1040 g/mol. The highest BCUT2D eigenvalue weighted by atomic mass is 79.9. The maximum absolute atomic E-state index is 6.59. The summed E-state index contributed by atoms with van der Waals surface area (Å²) >= 11 is 16.1. The smallest absolute Gasteiger partial charge is 0.474 e. The summed E-state index contributed by atoms with van der Waals surface area (Å²) in [5, 5.41) is 1.30. The van der Waals surface area contributed by atoms with Gasteiger partial charge in [-0.05, 0) is 117 Å². The minimum Gasteiger partial charge on any atom is -0.474 e. The van der Waals surface area contributed by atoms with Crippen molar-refractivity contribution in [3.05, 3.63) is 87.8 Å². The molecule has 0 unspecified atom stereocenters. The zero-order chi connectivity index (χ0) is 49.3. The number of ether oxygens (including phenoxy) is 2. The van der Waals surface area contributed by atoms with E-state index < -0.39 is 32.3 Å². The van der Waals surface area contributed by atoms with Crippen molar-refractivity contribution in [3.63, 3.8) is 0 Å². The maximum atomic E-state index is 6.59. The zero-order valence-electron chi connectivity index (χ0n) is 41.6. The van der Waals surface area contributed by atoms with Gasteiger partial charge in [0.1, 0.15) is 23.8 Å². The highest BCUT2D eigenvalue weighted by Crippen LogP contribution is 2.43. The summed E-state index contributed by atoms with van der Waals surface area (Å²) in [5.41, 5.74) is -1.49. The van der Waals surface area contributed by atoms with E-state index in [9.17, 15) is 0 Å². The van der Waals surface area contributed by atoms with Crippen molar-refractivity contribution in [2.45, 2.75) is 155 Å². The Bertz CT molecular complexity index is 2230. The third kappa shape index (κ3) is 12.3. The van der Waals surface area contributed by atoms with Crippen molar-refractivity contribution in [3.8, 4) is 11.8 Å². The molecule has 9 rings (SSSR count). The average Bonchev–Trinajstić information content (AvgIpc) is 3.75. The van der Waals surface area contributed by atoms with Gasteiger partial charge in [-0.15, -0.1) is 0 Å². The van der Waals surface area contributed by atoms with Gasteiger partial charge < -0.3 is 47.2 Å². The molecule has 0 radical (unpaired) electrons. The number of aromatic nitrogens is 4. The quantitative estimate of drug-likeness (QED) is 0.155. The van der Waals surface area contributed by atoms with Crippen molar-refractivity contribution < 1.29 is 37.4 Å². The van der Waals surface area contributed by atoms with Crippen molar-refractivity contribution in [1.29, 1.82) is 0 Å². The van der Waals surface area contributed by atoms with Gasteiger partial charge in [0.05, 0.1) is 43.1 Å². The lowest BCUT2D eigenvalue weighted by Crippen LogP contribution is -2.41. The SMILES string of the molecule is CC1(C)OB(B2OC(C)(C)C(C)(C)O2)OC1(C)C.CC1(C)OB(c2cnc(N3CCC(Oc4ccccn4)CC3)cc2Cl)OC1(C)C.Clc1cc(N2CCC(Oc3ccccn3)CC2)ncc1Br. The van der Waals surface area contributed by atoms with E-state index in [-0.39, 0.29) is 34.6 Å². The van der Waals surface area contributed by atoms with E-state index in [4.69, 9.17) is 60.6 Å². The Kier molecular flexibility index (Phi) is 16.2. The fourth-order valence-electron chi connectivity index (χ4n) is 7.90. The van der Waals surface area contributed by atoms with E-state index in [1.54, 1.807) is 24.8 Å². The molecule has 5 saturated heterocycles. The van der Waals surface area contributed by atoms with Crippen molar-refractivity contribution >= 4 is 77.4 Å². The summed E-state index contributed by atoms with van der Waals surface area (Å²) in [5.74, 6) is 3.16. The molecular weight excluding hydrogens is 972 g/mol. The molecule has 0 N–H and O–H groups in total. The number of anilines is 2. The molecule has 5 aliphatic heterocycles. The summed E-state index contributed by atoms with van der Waals surface area (Å²) in [7, 11) is -1.46. The lowest BCUT2D eigenvalue weighted by molar-refractivity contribution is 0.00578. The number of pyridine rings is 4. The number of nitrogens with zero attached hydrogens (tertiary/aromatic N) is 6. The Hall–Kier alpha value is -3.19. The van der Waals surface area contributed by atoms with Gasteiger partial charge in [-0.3, -0.25) is 0 Å². The molecule has 366 valence electrons. The van der Waals surface area contributed by atoms with Crippen LogP contribution in [0.15, 0.2) is 77.8 Å². The van der Waals surface area contributed by atoms with E-state index in [1.807, 2.05) is 132 Å². The first-order valence-electron chi connectivity index (χ1n) is 23.5. The van der Waals surface area contributed by atoms with Gasteiger partial charge in [-0.25, -0.2) is 19.9 Å². The molecule has 68 heavy (non-hydrogen) atoms. The summed E-state index contributed by atoms with van der Waals surface area (Å²) in [6.07, 6.45) is 11.1. The number of rotatable bonds is 8. The lowest BCUT2D eigenvalue weighted by Gasteiger charge is -2.32. The molecular formula is C48H66B3BrCl2N6O8. The van der Waals surface area contributed by atoms with Gasteiger partial charge in [0.2, 0.25) is 11.8 Å². The normalized spacial score (nSPS) is 22.5. The molecule has 4 aromatic rings. The van der Waals surface area contributed by atoms with Crippen molar-refractivity contribution in [2.24, 2.45) is 0 Å². The predicted octanol–water partition coefficient (Wildman–Crippen LogP) is 9.67. The number of hydrogen-bond acceptors (Lipinski definition) is 14. The van der Waals surface area contributed by atoms with Crippen LogP contribution in [0.5, 0.6) is 11.8 Å². The second kappa shape index (κ2) is 20.9. The molecule has 0 saturated carbocycles. The Morgan fingerprint density at radius 1 is 0.529 bits per heavy atom. The highest BCUT2D eigenvalue weighted by molar-refractivity contribution is 9.10. The third-order valence-electron chi connectivity index (χ3n) is 14.3. The van der Waals surface area contributed by atoms with Crippen LogP contribution in [-0.4, -0.2) is 113 Å². The number of halogens is 3. The molecule has 0 aromatic carbocycles. The molecule has 9 heterocycles. The predicted molar refractivity (Wildman–Crippen MR) is 274 cm³/mol. The molecule has 0 amide bonds. The van der Waals surface area contributed by atoms with Gasteiger partial charge in [0, 0.05) is 105 Å². The molecule has 20 heteroatoms. The Morgan fingerprint density at radius 3 is 1.25 bits per heavy atom. The molecule has 0 spiro atoms. The first kappa shape index (κ1) is 52.6. The van der Waals surface area contributed by atoms with Crippen LogP contribution >= 0.6 is 39.1 Å². The molecule has 0 aliphatic carbocycles. The van der Waals surface area contributed by atoms with Crippen LogP contribution in [-0.2, 0) is 27.9 Å². The van der Waals surface area contributed by atoms with Crippen LogP contribution in [0.2, 0.25) is 10.0 Å². The van der Waals surface area contributed by atoms with Crippen LogP contribution in [0.1, 0.15) is 109 Å².